The summed E-state index contributed by atoms with van der Waals surface area (Å²) in [6.45, 7) is 2.84. The third kappa shape index (κ3) is 6.11. The van der Waals surface area contributed by atoms with Gasteiger partial charge in [-0.25, -0.2) is 5.48 Å². The predicted octanol–water partition coefficient (Wildman–Crippen LogP) is -0.593. The molecular weight excluding hydrogens is 312 g/mol. The van der Waals surface area contributed by atoms with Gasteiger partial charge in [-0.3, -0.25) is 14.8 Å². The number of aliphatic hydroxyl groups excluding tert-OH is 2. The van der Waals surface area contributed by atoms with E-state index in [-0.39, 0.29) is 5.56 Å². The van der Waals surface area contributed by atoms with E-state index in [1.807, 2.05) is 0 Å². The molecule has 0 unspecified atom stereocenters. The number of hydrogen-bond donors (Lipinski definition) is 5. The summed E-state index contributed by atoms with van der Waals surface area (Å²) < 4.78 is 0. The van der Waals surface area contributed by atoms with Gasteiger partial charge in [0.25, 0.3) is 11.8 Å². The fourth-order valence-corrected chi connectivity index (χ4v) is 1.65. The van der Waals surface area contributed by atoms with E-state index >= 15 is 0 Å². The van der Waals surface area contributed by atoms with Crippen LogP contribution >= 0.6 is 0 Å². The zero-order valence-electron chi connectivity index (χ0n) is 13.2. The zero-order valence-corrected chi connectivity index (χ0v) is 13.2. The number of nitrogens with one attached hydrogen (secondary N) is 2. The Kier molecular flexibility index (Phi) is 7.47. The molecule has 0 bridgehead atoms. The van der Waals surface area contributed by atoms with Crippen molar-refractivity contribution >= 4 is 11.8 Å². The summed E-state index contributed by atoms with van der Waals surface area (Å²) in [4.78, 5) is 23.4. The molecule has 126 valence electrons. The number of benzene rings is 1. The third-order valence-electron chi connectivity index (χ3n) is 2.86. The Morgan fingerprint density at radius 2 is 1.71 bits per heavy atom. The molecule has 0 heterocycles. The SMILES string of the molecule is C[C@H](O)C#CC#Cc1ccc(C(=O)N[C@H](C(=O)NO)[C@@H](C)O)cc1. The van der Waals surface area contributed by atoms with Crippen LogP contribution in [0, 0.1) is 23.7 Å². The van der Waals surface area contributed by atoms with Gasteiger partial charge in [-0.2, -0.15) is 0 Å². The van der Waals surface area contributed by atoms with Gasteiger partial charge >= 0.3 is 0 Å². The van der Waals surface area contributed by atoms with Crippen molar-refractivity contribution in [3.63, 3.8) is 0 Å². The largest absolute Gasteiger partial charge is 0.391 e. The first-order chi connectivity index (χ1) is 11.3. The Bertz CT molecular complexity index is 702. The van der Waals surface area contributed by atoms with Crippen LogP contribution in [0.3, 0.4) is 0 Å². The number of hydrogen-bond acceptors (Lipinski definition) is 5. The third-order valence-corrected chi connectivity index (χ3v) is 2.86. The second-order valence-corrected chi connectivity index (χ2v) is 4.94. The summed E-state index contributed by atoms with van der Waals surface area (Å²) >= 11 is 0. The normalized spacial score (nSPS) is 13.2. The summed E-state index contributed by atoms with van der Waals surface area (Å²) in [5, 5.41) is 29.4. The van der Waals surface area contributed by atoms with Gasteiger partial charge in [0.1, 0.15) is 12.1 Å². The molecule has 0 aliphatic heterocycles. The van der Waals surface area contributed by atoms with Gasteiger partial charge in [0.05, 0.1) is 6.10 Å². The van der Waals surface area contributed by atoms with E-state index in [1.54, 1.807) is 12.1 Å². The van der Waals surface area contributed by atoms with Crippen molar-refractivity contribution in [2.75, 3.05) is 0 Å². The van der Waals surface area contributed by atoms with E-state index in [2.05, 4.69) is 29.0 Å². The summed E-state index contributed by atoms with van der Waals surface area (Å²) in [7, 11) is 0. The van der Waals surface area contributed by atoms with Crippen LogP contribution in [0.5, 0.6) is 0 Å². The summed E-state index contributed by atoms with van der Waals surface area (Å²) in [5.41, 5.74) is 2.26. The van der Waals surface area contributed by atoms with Crippen LogP contribution < -0.4 is 10.8 Å². The molecular formula is C17H18N2O5. The van der Waals surface area contributed by atoms with Gasteiger partial charge in [0.15, 0.2) is 0 Å². The molecule has 0 aromatic heterocycles. The minimum atomic E-state index is -1.28. The number of carbonyl (C=O) groups excluding carboxylic acids is 2. The first-order valence-electron chi connectivity index (χ1n) is 7.07. The molecule has 1 rings (SSSR count). The van der Waals surface area contributed by atoms with E-state index in [4.69, 9.17) is 10.3 Å². The van der Waals surface area contributed by atoms with Crippen molar-refractivity contribution in [3.05, 3.63) is 35.4 Å². The molecule has 0 aliphatic carbocycles. The molecule has 7 heteroatoms. The molecule has 0 saturated heterocycles. The van der Waals surface area contributed by atoms with Crippen molar-refractivity contribution in [3.8, 4) is 23.7 Å². The first-order valence-corrected chi connectivity index (χ1v) is 7.07. The van der Waals surface area contributed by atoms with Crippen LogP contribution in [-0.2, 0) is 4.79 Å². The Morgan fingerprint density at radius 3 is 2.21 bits per heavy atom. The highest BCUT2D eigenvalue weighted by Gasteiger charge is 2.25. The second-order valence-electron chi connectivity index (χ2n) is 4.94. The van der Waals surface area contributed by atoms with Crippen LogP contribution in [-0.4, -0.2) is 45.5 Å². The standard InChI is InChI=1S/C17H18N2O5/c1-11(20)5-3-4-6-13-7-9-14(10-8-13)16(22)18-15(12(2)21)17(23)19-24/h7-12,15,20-21,24H,1-2H3,(H,18,22)(H,19,23)/t11-,12+,15-/m0/s1. The fourth-order valence-electron chi connectivity index (χ4n) is 1.65. The quantitative estimate of drug-likeness (QED) is 0.287. The maximum absolute atomic E-state index is 12.1. The lowest BCUT2D eigenvalue weighted by atomic mass is 10.1. The zero-order chi connectivity index (χ0) is 18.1. The van der Waals surface area contributed by atoms with Crippen molar-refractivity contribution in [1.82, 2.24) is 10.8 Å². The fraction of sp³-hybridized carbons (Fsp3) is 0.294. The Balaban J connectivity index is 2.80. The average Bonchev–Trinajstić information content (AvgIpc) is 2.55. The van der Waals surface area contributed by atoms with E-state index < -0.39 is 30.1 Å². The van der Waals surface area contributed by atoms with E-state index in [9.17, 15) is 14.7 Å². The molecule has 5 N–H and O–H groups in total. The second kappa shape index (κ2) is 9.33. The predicted molar refractivity (Wildman–Crippen MR) is 85.6 cm³/mol. The lowest BCUT2D eigenvalue weighted by Crippen LogP contribution is -2.51. The molecule has 24 heavy (non-hydrogen) atoms. The number of amides is 2. The lowest BCUT2D eigenvalue weighted by molar-refractivity contribution is -0.133. The van der Waals surface area contributed by atoms with Gasteiger partial charge in [-0.1, -0.05) is 11.8 Å². The van der Waals surface area contributed by atoms with Crippen LogP contribution in [0.2, 0.25) is 0 Å². The molecule has 0 aliphatic rings. The van der Waals surface area contributed by atoms with Gasteiger partial charge in [0, 0.05) is 11.1 Å². The molecule has 7 nitrogen and oxygen atoms in total. The van der Waals surface area contributed by atoms with Crippen LogP contribution in [0.4, 0.5) is 0 Å². The number of hydroxylamine groups is 1. The monoisotopic (exact) mass is 330 g/mol. The van der Waals surface area contributed by atoms with Gasteiger partial charge in [-0.05, 0) is 50.0 Å². The maximum atomic E-state index is 12.1. The Hall–Kier alpha value is -2.84. The van der Waals surface area contributed by atoms with Crippen molar-refractivity contribution < 1.29 is 25.0 Å². The van der Waals surface area contributed by atoms with Gasteiger partial charge in [-0.15, -0.1) is 0 Å². The Morgan fingerprint density at radius 1 is 1.08 bits per heavy atom. The molecule has 3 atom stereocenters. The smallest absolute Gasteiger partial charge is 0.268 e. The van der Waals surface area contributed by atoms with Crippen molar-refractivity contribution in [2.24, 2.45) is 0 Å². The average molecular weight is 330 g/mol. The summed E-state index contributed by atoms with van der Waals surface area (Å²) in [5.74, 6) is 8.78. The van der Waals surface area contributed by atoms with Crippen LogP contribution in [0.25, 0.3) is 0 Å². The molecule has 2 amide bonds. The molecule has 1 aromatic rings. The van der Waals surface area contributed by atoms with Gasteiger partial charge in [0.2, 0.25) is 0 Å². The van der Waals surface area contributed by atoms with Crippen molar-refractivity contribution in [1.29, 1.82) is 0 Å². The maximum Gasteiger partial charge on any atom is 0.268 e. The summed E-state index contributed by atoms with van der Waals surface area (Å²) in [6, 6.07) is 4.90. The molecule has 0 saturated carbocycles. The van der Waals surface area contributed by atoms with Gasteiger partial charge < -0.3 is 15.5 Å². The van der Waals surface area contributed by atoms with E-state index in [1.165, 1.54) is 31.5 Å². The minimum Gasteiger partial charge on any atom is -0.391 e. The minimum absolute atomic E-state index is 0.256. The highest BCUT2D eigenvalue weighted by atomic mass is 16.5. The molecule has 1 aromatic carbocycles. The lowest BCUT2D eigenvalue weighted by Gasteiger charge is -2.19. The number of rotatable bonds is 4. The van der Waals surface area contributed by atoms with Crippen LogP contribution in [0.15, 0.2) is 24.3 Å². The number of carbonyl (C=O) groups is 2. The number of aliphatic hydroxyl groups is 2. The Labute approximate surface area is 139 Å². The topological polar surface area (TPSA) is 119 Å². The van der Waals surface area contributed by atoms with E-state index in [0.29, 0.717) is 5.56 Å². The highest BCUT2D eigenvalue weighted by Crippen LogP contribution is 2.05. The molecule has 0 radical (unpaired) electrons. The molecule has 0 spiro atoms. The van der Waals surface area contributed by atoms with Crippen molar-refractivity contribution in [2.45, 2.75) is 32.1 Å². The first kappa shape index (κ1) is 19.2. The van der Waals surface area contributed by atoms with Crippen LogP contribution in [0.1, 0.15) is 29.8 Å². The highest BCUT2D eigenvalue weighted by molar-refractivity contribution is 5.97. The van der Waals surface area contributed by atoms with E-state index in [0.717, 1.165) is 0 Å². The summed E-state index contributed by atoms with van der Waals surface area (Å²) in [6.07, 6.45) is -1.93. The molecule has 0 fully saturated rings.